The third-order valence-electron chi connectivity index (χ3n) is 5.00. The van der Waals surface area contributed by atoms with Crippen LogP contribution in [0.5, 0.6) is 5.75 Å². The quantitative estimate of drug-likeness (QED) is 0.231. The largest absolute Gasteiger partial charge is 0.482 e. The molecule has 184 valence electrons. The summed E-state index contributed by atoms with van der Waals surface area (Å²) in [5.74, 6) is -0.940. The van der Waals surface area contributed by atoms with Gasteiger partial charge in [0.1, 0.15) is 5.75 Å². The maximum Gasteiger partial charge on any atom is 0.341 e. The SMILES string of the molecule is CC(Cc1ccc(OCC(=O)O)cc1)N(C[C@H](O)c1cccc(Cl)c1)C(=O)CCCO[N+](=O)[O-]. The highest BCUT2D eigenvalue weighted by Gasteiger charge is 2.24. The number of nitrogens with zero attached hydrogens (tertiary/aromatic N) is 2. The second-order valence-corrected chi connectivity index (χ2v) is 8.09. The standard InChI is InChI=1S/C23H27ClN2O8/c1-16(12-17-7-9-20(10-8-17)33-15-23(29)30)25(22(28)6-3-11-34-26(31)32)14-21(27)18-4-2-5-19(24)13-18/h2,4-5,7-10,13,16,21,27H,3,6,11-12,14-15H2,1H3,(H,29,30)/t16?,21-/m0/s1. The lowest BCUT2D eigenvalue weighted by atomic mass is 10.0. The van der Waals surface area contributed by atoms with Gasteiger partial charge in [-0.3, -0.25) is 4.79 Å². The second-order valence-electron chi connectivity index (χ2n) is 7.66. The summed E-state index contributed by atoms with van der Waals surface area (Å²) in [6, 6.07) is 13.2. The molecule has 1 unspecified atom stereocenters. The van der Waals surface area contributed by atoms with Crippen LogP contribution < -0.4 is 4.74 Å². The smallest absolute Gasteiger partial charge is 0.341 e. The number of halogens is 1. The number of aliphatic hydroxyl groups excluding tert-OH is 1. The minimum Gasteiger partial charge on any atom is -0.482 e. The minimum absolute atomic E-state index is 0.0102. The van der Waals surface area contributed by atoms with Crippen LogP contribution in [0, 0.1) is 10.1 Å². The number of aliphatic carboxylic acids is 1. The van der Waals surface area contributed by atoms with Gasteiger partial charge in [-0.2, -0.15) is 0 Å². The normalized spacial score (nSPS) is 12.4. The zero-order valence-corrected chi connectivity index (χ0v) is 19.4. The molecule has 0 bridgehead atoms. The molecule has 0 saturated carbocycles. The Bertz CT molecular complexity index is 970. The van der Waals surface area contributed by atoms with E-state index in [0.29, 0.717) is 22.8 Å². The summed E-state index contributed by atoms with van der Waals surface area (Å²) in [5, 5.41) is 29.3. The van der Waals surface area contributed by atoms with Gasteiger partial charge in [0, 0.05) is 17.5 Å². The van der Waals surface area contributed by atoms with Crippen LogP contribution in [0.3, 0.4) is 0 Å². The highest BCUT2D eigenvalue weighted by Crippen LogP contribution is 2.22. The van der Waals surface area contributed by atoms with E-state index in [-0.39, 0.29) is 37.9 Å². The fourth-order valence-corrected chi connectivity index (χ4v) is 3.56. The summed E-state index contributed by atoms with van der Waals surface area (Å²) in [7, 11) is 0. The average molecular weight is 495 g/mol. The molecule has 2 rings (SSSR count). The summed E-state index contributed by atoms with van der Waals surface area (Å²) in [5.41, 5.74) is 1.44. The van der Waals surface area contributed by atoms with Gasteiger partial charge in [0.25, 0.3) is 5.09 Å². The van der Waals surface area contributed by atoms with Gasteiger partial charge < -0.3 is 24.7 Å². The molecule has 0 radical (unpaired) electrons. The first kappa shape index (κ1) is 26.9. The van der Waals surface area contributed by atoms with Gasteiger partial charge in [-0.15, -0.1) is 10.1 Å². The van der Waals surface area contributed by atoms with Crippen molar-refractivity contribution in [2.75, 3.05) is 19.8 Å². The average Bonchev–Trinajstić information content (AvgIpc) is 2.79. The number of aliphatic hydroxyl groups is 1. The maximum atomic E-state index is 12.9. The monoisotopic (exact) mass is 494 g/mol. The van der Waals surface area contributed by atoms with Crippen molar-refractivity contribution in [3.8, 4) is 5.75 Å². The molecule has 10 nitrogen and oxygen atoms in total. The lowest BCUT2D eigenvalue weighted by molar-refractivity contribution is -0.757. The highest BCUT2D eigenvalue weighted by molar-refractivity contribution is 6.30. The number of amides is 1. The first-order valence-electron chi connectivity index (χ1n) is 10.6. The van der Waals surface area contributed by atoms with Gasteiger partial charge in [-0.05, 0) is 55.2 Å². The molecule has 34 heavy (non-hydrogen) atoms. The van der Waals surface area contributed by atoms with E-state index in [4.69, 9.17) is 21.4 Å². The number of carboxylic acids is 1. The number of rotatable bonds is 14. The molecule has 0 heterocycles. The molecule has 1 amide bonds. The number of hydrogen-bond acceptors (Lipinski definition) is 7. The number of hydrogen-bond donors (Lipinski definition) is 2. The van der Waals surface area contributed by atoms with Crippen LogP contribution in [0.25, 0.3) is 0 Å². The fraction of sp³-hybridized carbons (Fsp3) is 0.391. The molecule has 0 saturated heterocycles. The molecule has 0 aliphatic heterocycles. The molecule has 0 aliphatic carbocycles. The van der Waals surface area contributed by atoms with Gasteiger partial charge in [0.15, 0.2) is 6.61 Å². The molecular weight excluding hydrogens is 468 g/mol. The molecular formula is C23H27ClN2O8. The number of carbonyl (C=O) groups is 2. The van der Waals surface area contributed by atoms with Crippen molar-refractivity contribution in [2.45, 2.75) is 38.3 Å². The van der Waals surface area contributed by atoms with Crippen LogP contribution in [0.2, 0.25) is 5.02 Å². The van der Waals surface area contributed by atoms with Crippen LogP contribution in [0.4, 0.5) is 0 Å². The van der Waals surface area contributed by atoms with E-state index >= 15 is 0 Å². The van der Waals surface area contributed by atoms with Gasteiger partial charge in [0.05, 0.1) is 19.3 Å². The number of carboxylic acid groups (broad SMARTS) is 1. The van der Waals surface area contributed by atoms with Gasteiger partial charge in [0.2, 0.25) is 5.91 Å². The third kappa shape index (κ3) is 9.24. The van der Waals surface area contributed by atoms with Gasteiger partial charge in [-0.25, -0.2) is 4.79 Å². The molecule has 0 aromatic heterocycles. The van der Waals surface area contributed by atoms with Crippen LogP contribution >= 0.6 is 11.6 Å². The summed E-state index contributed by atoms with van der Waals surface area (Å²) in [4.78, 5) is 39.7. The summed E-state index contributed by atoms with van der Waals surface area (Å²) < 4.78 is 5.13. The molecule has 2 aromatic carbocycles. The molecule has 0 aliphatic rings. The summed E-state index contributed by atoms with van der Waals surface area (Å²) in [6.45, 7) is 1.20. The zero-order valence-electron chi connectivity index (χ0n) is 18.6. The number of ether oxygens (including phenoxy) is 1. The third-order valence-corrected chi connectivity index (χ3v) is 5.24. The van der Waals surface area contributed by atoms with Crippen LogP contribution in [-0.4, -0.2) is 57.9 Å². The first-order valence-corrected chi connectivity index (χ1v) is 11.0. The predicted octanol–water partition coefficient (Wildman–Crippen LogP) is 3.29. The Hall–Kier alpha value is -3.37. The van der Waals surface area contributed by atoms with E-state index in [9.17, 15) is 24.8 Å². The molecule has 2 N–H and O–H groups in total. The molecule has 2 atom stereocenters. The van der Waals surface area contributed by atoms with Crippen LogP contribution in [0.15, 0.2) is 48.5 Å². The Kier molecular flexibility index (Phi) is 10.6. The fourth-order valence-electron chi connectivity index (χ4n) is 3.36. The van der Waals surface area contributed by atoms with Crippen molar-refractivity contribution in [3.05, 3.63) is 74.8 Å². The number of carbonyl (C=O) groups excluding carboxylic acids is 1. The Morgan fingerprint density at radius 3 is 2.53 bits per heavy atom. The predicted molar refractivity (Wildman–Crippen MR) is 123 cm³/mol. The minimum atomic E-state index is -1.08. The van der Waals surface area contributed by atoms with Crippen molar-refractivity contribution in [1.82, 2.24) is 4.90 Å². The van der Waals surface area contributed by atoms with Crippen molar-refractivity contribution in [1.29, 1.82) is 0 Å². The maximum absolute atomic E-state index is 12.9. The van der Waals surface area contributed by atoms with E-state index < -0.39 is 23.8 Å². The van der Waals surface area contributed by atoms with E-state index in [1.165, 1.54) is 4.90 Å². The van der Waals surface area contributed by atoms with Crippen molar-refractivity contribution in [3.63, 3.8) is 0 Å². The topological polar surface area (TPSA) is 139 Å². The zero-order chi connectivity index (χ0) is 25.1. The Morgan fingerprint density at radius 2 is 1.91 bits per heavy atom. The molecule has 0 spiro atoms. The Balaban J connectivity index is 2.09. The first-order chi connectivity index (χ1) is 16.2. The summed E-state index contributed by atoms with van der Waals surface area (Å²) >= 11 is 6.02. The van der Waals surface area contributed by atoms with E-state index in [1.807, 2.05) is 6.92 Å². The van der Waals surface area contributed by atoms with E-state index in [2.05, 4.69) is 4.84 Å². The highest BCUT2D eigenvalue weighted by atomic mass is 35.5. The second kappa shape index (κ2) is 13.4. The van der Waals surface area contributed by atoms with Crippen LogP contribution in [0.1, 0.15) is 37.0 Å². The van der Waals surface area contributed by atoms with E-state index in [0.717, 1.165) is 5.56 Å². The lowest BCUT2D eigenvalue weighted by Crippen LogP contribution is -2.42. The van der Waals surface area contributed by atoms with Gasteiger partial charge >= 0.3 is 5.97 Å². The summed E-state index contributed by atoms with van der Waals surface area (Å²) in [6.07, 6.45) is -0.348. The molecule has 0 fully saturated rings. The molecule has 11 heteroatoms. The van der Waals surface area contributed by atoms with E-state index in [1.54, 1.807) is 48.5 Å². The van der Waals surface area contributed by atoms with Gasteiger partial charge in [-0.1, -0.05) is 35.9 Å². The van der Waals surface area contributed by atoms with Crippen molar-refractivity contribution < 1.29 is 34.5 Å². The van der Waals surface area contributed by atoms with Crippen LogP contribution in [-0.2, 0) is 20.8 Å². The number of benzene rings is 2. The Morgan fingerprint density at radius 1 is 1.21 bits per heavy atom. The lowest BCUT2D eigenvalue weighted by Gasteiger charge is -2.32. The van der Waals surface area contributed by atoms with Crippen molar-refractivity contribution >= 4 is 23.5 Å². The molecule has 2 aromatic rings. The Labute approximate surface area is 201 Å². The van der Waals surface area contributed by atoms with Crippen molar-refractivity contribution in [2.24, 2.45) is 0 Å².